The summed E-state index contributed by atoms with van der Waals surface area (Å²) in [6, 6.07) is 21.1. The molecule has 0 N–H and O–H groups in total. The summed E-state index contributed by atoms with van der Waals surface area (Å²) in [5.74, 6) is 0. The maximum absolute atomic E-state index is 6.22. The van der Waals surface area contributed by atoms with Crippen LogP contribution in [0.1, 0.15) is 27.7 Å². The van der Waals surface area contributed by atoms with Gasteiger partial charge in [0, 0.05) is 10.9 Å². The normalized spacial score (nSPS) is 18.2. The Morgan fingerprint density at radius 2 is 1.61 bits per heavy atom. The lowest BCUT2D eigenvalue weighted by Gasteiger charge is -2.32. The highest BCUT2D eigenvalue weighted by Crippen LogP contribution is 2.37. The van der Waals surface area contributed by atoms with E-state index in [2.05, 4.69) is 88.4 Å². The van der Waals surface area contributed by atoms with Crippen LogP contribution in [0.2, 0.25) is 0 Å². The molecule has 1 saturated heterocycles. The maximum Gasteiger partial charge on any atom is 0.494 e. The molecule has 2 heterocycles. The summed E-state index contributed by atoms with van der Waals surface area (Å²) >= 11 is 1.74. The highest BCUT2D eigenvalue weighted by molar-refractivity contribution is 7.22. The molecule has 0 bridgehead atoms. The monoisotopic (exact) mass is 387 g/mol. The number of nitrogens with zero attached hydrogens (tertiary/aromatic N) is 1. The Morgan fingerprint density at radius 3 is 2.39 bits per heavy atom. The summed E-state index contributed by atoms with van der Waals surface area (Å²) in [7, 11) is -0.361. The molecule has 28 heavy (non-hydrogen) atoms. The Bertz CT molecular complexity index is 1180. The van der Waals surface area contributed by atoms with Gasteiger partial charge in [-0.25, -0.2) is 4.98 Å². The van der Waals surface area contributed by atoms with E-state index in [1.54, 1.807) is 11.3 Å². The van der Waals surface area contributed by atoms with Crippen LogP contribution >= 0.6 is 11.3 Å². The third kappa shape index (κ3) is 2.77. The molecule has 0 spiro atoms. The number of thiazole rings is 1. The van der Waals surface area contributed by atoms with E-state index in [4.69, 9.17) is 14.3 Å². The average Bonchev–Trinajstić information content (AvgIpc) is 3.20. The molecule has 4 aromatic rings. The minimum atomic E-state index is -0.361. The van der Waals surface area contributed by atoms with Crippen LogP contribution in [0.25, 0.3) is 31.6 Å². The molecule has 1 aliphatic heterocycles. The van der Waals surface area contributed by atoms with Crippen molar-refractivity contribution in [1.29, 1.82) is 0 Å². The van der Waals surface area contributed by atoms with E-state index >= 15 is 0 Å². The van der Waals surface area contributed by atoms with E-state index in [1.165, 1.54) is 15.5 Å². The SMILES string of the molecule is CC1(C)OB(c2cccc(-c3nc4ccc5ccccc5c4s3)c2)OC1(C)C. The van der Waals surface area contributed by atoms with Gasteiger partial charge in [-0.3, -0.25) is 0 Å². The number of rotatable bonds is 2. The van der Waals surface area contributed by atoms with Crippen LogP contribution in [0.3, 0.4) is 0 Å². The average molecular weight is 387 g/mol. The molecular formula is C23H22BNO2S. The van der Waals surface area contributed by atoms with Crippen molar-refractivity contribution in [2.45, 2.75) is 38.9 Å². The molecule has 0 saturated carbocycles. The Kier molecular flexibility index (Phi) is 3.92. The van der Waals surface area contributed by atoms with Gasteiger partial charge in [0.05, 0.1) is 21.4 Å². The minimum Gasteiger partial charge on any atom is -0.399 e. The summed E-state index contributed by atoms with van der Waals surface area (Å²) in [4.78, 5) is 4.89. The molecule has 5 rings (SSSR count). The standard InChI is InChI=1S/C23H22BNO2S/c1-22(2)23(3,4)27-24(26-22)17-10-7-9-16(14-17)21-25-19-13-12-15-8-5-6-11-18(15)20(19)28-21/h5-14H,1-4H3. The fourth-order valence-corrected chi connectivity index (χ4v) is 4.67. The van der Waals surface area contributed by atoms with E-state index in [0.717, 1.165) is 21.6 Å². The first-order chi connectivity index (χ1) is 13.3. The van der Waals surface area contributed by atoms with Gasteiger partial charge >= 0.3 is 7.12 Å². The molecule has 1 aliphatic rings. The highest BCUT2D eigenvalue weighted by atomic mass is 32.1. The van der Waals surface area contributed by atoms with Crippen LogP contribution in [0.4, 0.5) is 0 Å². The Balaban J connectivity index is 1.56. The lowest BCUT2D eigenvalue weighted by Crippen LogP contribution is -2.41. The van der Waals surface area contributed by atoms with Gasteiger partial charge in [-0.15, -0.1) is 11.3 Å². The third-order valence-electron chi connectivity index (χ3n) is 5.94. The predicted molar refractivity (Wildman–Crippen MR) is 118 cm³/mol. The molecule has 0 atom stereocenters. The third-order valence-corrected chi connectivity index (χ3v) is 7.09. The summed E-state index contributed by atoms with van der Waals surface area (Å²) in [6.45, 7) is 8.32. The van der Waals surface area contributed by atoms with Gasteiger partial charge in [0.2, 0.25) is 0 Å². The summed E-state index contributed by atoms with van der Waals surface area (Å²) in [5.41, 5.74) is 2.47. The molecule has 0 unspecified atom stereocenters. The van der Waals surface area contributed by atoms with Gasteiger partial charge in [-0.1, -0.05) is 54.6 Å². The van der Waals surface area contributed by atoms with Crippen molar-refractivity contribution in [3.05, 3.63) is 60.7 Å². The van der Waals surface area contributed by atoms with Crippen molar-refractivity contribution in [3.63, 3.8) is 0 Å². The molecule has 1 aromatic heterocycles. The van der Waals surface area contributed by atoms with Crippen molar-refractivity contribution in [1.82, 2.24) is 4.98 Å². The van der Waals surface area contributed by atoms with E-state index < -0.39 is 0 Å². The summed E-state index contributed by atoms with van der Waals surface area (Å²) in [6.07, 6.45) is 0. The van der Waals surface area contributed by atoms with Gasteiger partial charge < -0.3 is 9.31 Å². The maximum atomic E-state index is 6.22. The molecule has 0 amide bonds. The Labute approximate surface area is 169 Å². The molecule has 3 aromatic carbocycles. The van der Waals surface area contributed by atoms with Crippen molar-refractivity contribution >= 4 is 44.9 Å². The van der Waals surface area contributed by atoms with Crippen molar-refractivity contribution < 1.29 is 9.31 Å². The number of fused-ring (bicyclic) bond motifs is 3. The zero-order valence-corrected chi connectivity index (χ0v) is 17.3. The lowest BCUT2D eigenvalue weighted by molar-refractivity contribution is 0.00578. The molecule has 3 nitrogen and oxygen atoms in total. The number of benzene rings is 3. The van der Waals surface area contributed by atoms with Crippen LogP contribution in [-0.4, -0.2) is 23.3 Å². The van der Waals surface area contributed by atoms with E-state index in [1.807, 2.05) is 0 Å². The lowest BCUT2D eigenvalue weighted by atomic mass is 9.78. The summed E-state index contributed by atoms with van der Waals surface area (Å²) in [5, 5.41) is 3.52. The second kappa shape index (κ2) is 6.15. The van der Waals surface area contributed by atoms with Crippen LogP contribution in [0, 0.1) is 0 Å². The van der Waals surface area contributed by atoms with Gasteiger partial charge in [0.25, 0.3) is 0 Å². The van der Waals surface area contributed by atoms with Gasteiger partial charge in [-0.05, 0) is 44.6 Å². The quantitative estimate of drug-likeness (QED) is 0.431. The number of hydrogen-bond acceptors (Lipinski definition) is 4. The zero-order valence-electron chi connectivity index (χ0n) is 16.5. The van der Waals surface area contributed by atoms with Crippen LogP contribution in [-0.2, 0) is 9.31 Å². The highest BCUT2D eigenvalue weighted by Gasteiger charge is 2.51. The molecular weight excluding hydrogens is 365 g/mol. The first-order valence-corrected chi connectivity index (χ1v) is 10.4. The molecule has 140 valence electrons. The largest absolute Gasteiger partial charge is 0.494 e. The van der Waals surface area contributed by atoms with Crippen LogP contribution < -0.4 is 5.46 Å². The van der Waals surface area contributed by atoms with Crippen molar-refractivity contribution in [2.24, 2.45) is 0 Å². The fraction of sp³-hybridized carbons (Fsp3) is 0.261. The van der Waals surface area contributed by atoms with E-state index in [-0.39, 0.29) is 18.3 Å². The Hall–Kier alpha value is -2.21. The molecule has 0 aliphatic carbocycles. The second-order valence-electron chi connectivity index (χ2n) is 8.37. The topological polar surface area (TPSA) is 31.4 Å². The zero-order chi connectivity index (χ0) is 19.5. The van der Waals surface area contributed by atoms with Crippen LogP contribution in [0.15, 0.2) is 60.7 Å². The van der Waals surface area contributed by atoms with E-state index in [9.17, 15) is 0 Å². The molecule has 0 radical (unpaired) electrons. The number of aromatic nitrogens is 1. The summed E-state index contributed by atoms with van der Waals surface area (Å²) < 4.78 is 13.7. The van der Waals surface area contributed by atoms with E-state index in [0.29, 0.717) is 0 Å². The van der Waals surface area contributed by atoms with Crippen LogP contribution in [0.5, 0.6) is 0 Å². The second-order valence-corrected chi connectivity index (χ2v) is 9.37. The smallest absolute Gasteiger partial charge is 0.399 e. The molecule has 1 fully saturated rings. The van der Waals surface area contributed by atoms with Gasteiger partial charge in [0.15, 0.2) is 0 Å². The number of hydrogen-bond donors (Lipinski definition) is 0. The first-order valence-electron chi connectivity index (χ1n) is 9.58. The van der Waals surface area contributed by atoms with Crippen molar-refractivity contribution in [3.8, 4) is 10.6 Å². The first kappa shape index (κ1) is 17.9. The van der Waals surface area contributed by atoms with Crippen molar-refractivity contribution in [2.75, 3.05) is 0 Å². The van der Waals surface area contributed by atoms with Gasteiger partial charge in [0.1, 0.15) is 5.01 Å². The fourth-order valence-electron chi connectivity index (χ4n) is 3.58. The predicted octanol–water partition coefficient (Wildman–Crippen LogP) is 5.42. The Morgan fingerprint density at radius 1 is 0.857 bits per heavy atom. The van der Waals surface area contributed by atoms with Gasteiger partial charge in [-0.2, -0.15) is 0 Å². The minimum absolute atomic E-state index is 0.345. The molecule has 5 heteroatoms.